The van der Waals surface area contributed by atoms with Gasteiger partial charge in [-0.25, -0.2) is 14.6 Å². The first-order valence-corrected chi connectivity index (χ1v) is 14.3. The number of aromatic nitrogens is 1. The van der Waals surface area contributed by atoms with E-state index in [4.69, 9.17) is 19.0 Å². The molecule has 1 aromatic heterocycles. The molecule has 0 saturated heterocycles. The molecule has 1 heterocycles. The normalized spacial score (nSPS) is 10.4. The molecule has 5 aromatic rings. The van der Waals surface area contributed by atoms with Gasteiger partial charge in [-0.1, -0.05) is 60.7 Å². The van der Waals surface area contributed by atoms with E-state index in [-0.39, 0.29) is 23.9 Å². The molecule has 252 valence electrons. The number of aliphatic hydroxyl groups excluding tert-OH is 1. The Bertz CT molecular complexity index is 1680. The third-order valence-electron chi connectivity index (χ3n) is 6.50. The number of methoxy groups -OCH3 is 2. The zero-order valence-corrected chi connectivity index (χ0v) is 27.5. The number of esters is 2. The Balaban J connectivity index is 0.000000311. The highest BCUT2D eigenvalue weighted by molar-refractivity contribution is 6.10. The molecule has 5 rings (SSSR count). The van der Waals surface area contributed by atoms with Crippen LogP contribution in [0.3, 0.4) is 0 Å². The molecule has 0 aliphatic carbocycles. The summed E-state index contributed by atoms with van der Waals surface area (Å²) in [5.41, 5.74) is 6.98. The van der Waals surface area contributed by atoms with Crippen molar-refractivity contribution < 1.29 is 61.0 Å². The van der Waals surface area contributed by atoms with Gasteiger partial charge in [0.1, 0.15) is 24.7 Å². The Morgan fingerprint density at radius 3 is 1.67 bits per heavy atom. The molecular formula is C36H37ClN2O9. The van der Waals surface area contributed by atoms with Crippen molar-refractivity contribution in [2.75, 3.05) is 21.3 Å². The summed E-state index contributed by atoms with van der Waals surface area (Å²) in [6.07, 6.45) is 1.22. The highest BCUT2D eigenvalue weighted by Gasteiger charge is 2.28. The SMILES string of the molecule is CO.COC(=O)C([NH3+])C(=O)c1ccc(OCc2ccccc2)cc1.COC(=O)c1ncoc1-c1ccc(OCc2ccccc2)cc1.[Cl-]. The van der Waals surface area contributed by atoms with Crippen molar-refractivity contribution in [3.05, 3.63) is 138 Å². The number of Topliss-reactive ketones (excluding diaryl/α,β-unsaturated/α-hetero) is 1. The zero-order chi connectivity index (χ0) is 34.0. The van der Waals surface area contributed by atoms with E-state index in [0.717, 1.165) is 29.5 Å². The quantitative estimate of drug-likeness (QED) is 0.119. The van der Waals surface area contributed by atoms with Crippen LogP contribution in [0.4, 0.5) is 0 Å². The van der Waals surface area contributed by atoms with Crippen LogP contribution in [0.25, 0.3) is 11.3 Å². The molecule has 4 aromatic carbocycles. The second kappa shape index (κ2) is 20.6. The fraction of sp³-hybridized carbons (Fsp3) is 0.167. The van der Waals surface area contributed by atoms with Gasteiger partial charge in [-0.2, -0.15) is 0 Å². The largest absolute Gasteiger partial charge is 1.00 e. The van der Waals surface area contributed by atoms with E-state index >= 15 is 0 Å². The van der Waals surface area contributed by atoms with Crippen molar-refractivity contribution in [2.24, 2.45) is 0 Å². The molecule has 0 radical (unpaired) electrons. The van der Waals surface area contributed by atoms with Crippen molar-refractivity contribution in [1.29, 1.82) is 0 Å². The number of oxazole rings is 1. The third-order valence-corrected chi connectivity index (χ3v) is 6.50. The molecule has 0 fully saturated rings. The first-order chi connectivity index (χ1) is 22.9. The third kappa shape index (κ3) is 11.4. The molecule has 0 amide bonds. The van der Waals surface area contributed by atoms with Gasteiger partial charge in [0.15, 0.2) is 17.8 Å². The topological polar surface area (TPSA) is 162 Å². The smallest absolute Gasteiger partial charge is 0.373 e. The van der Waals surface area contributed by atoms with Crippen LogP contribution in [0.15, 0.2) is 120 Å². The van der Waals surface area contributed by atoms with Crippen LogP contribution >= 0.6 is 0 Å². The summed E-state index contributed by atoms with van der Waals surface area (Å²) < 4.78 is 25.9. The molecule has 1 atom stereocenters. The standard InChI is InChI=1S/C18H15NO4.C17H17NO4.CH4O.ClH/c1-21-18(20)16-17(23-12-19-16)14-7-9-15(10-8-14)22-11-13-5-3-2-4-6-13;1-21-17(20)15(18)16(19)13-7-9-14(10-8-13)22-11-12-5-3-2-4-6-12;1-2;/h2-10,12H,11H2,1H3;2-10,15H,11,18H2,1H3;2H,1H3;1H. The monoisotopic (exact) mass is 676 g/mol. The highest BCUT2D eigenvalue weighted by Crippen LogP contribution is 2.26. The van der Waals surface area contributed by atoms with Crippen LogP contribution in [-0.2, 0) is 27.5 Å². The Hall–Kier alpha value is -5.49. The Morgan fingerprint density at radius 2 is 1.21 bits per heavy atom. The number of nitrogens with zero attached hydrogens (tertiary/aromatic N) is 1. The summed E-state index contributed by atoms with van der Waals surface area (Å²) in [7, 11) is 3.54. The molecule has 0 bridgehead atoms. The van der Waals surface area contributed by atoms with E-state index in [1.54, 1.807) is 24.3 Å². The van der Waals surface area contributed by atoms with Gasteiger partial charge in [-0.3, -0.25) is 4.79 Å². The Kier molecular flexibility index (Phi) is 16.6. The highest BCUT2D eigenvalue weighted by atomic mass is 35.5. The van der Waals surface area contributed by atoms with E-state index in [2.05, 4.69) is 20.2 Å². The molecule has 0 saturated carbocycles. The summed E-state index contributed by atoms with van der Waals surface area (Å²) in [6, 6.07) is 32.5. The van der Waals surface area contributed by atoms with Crippen molar-refractivity contribution >= 4 is 17.7 Å². The van der Waals surface area contributed by atoms with Crippen LogP contribution in [0.5, 0.6) is 11.5 Å². The first-order valence-electron chi connectivity index (χ1n) is 14.3. The summed E-state index contributed by atoms with van der Waals surface area (Å²) in [5.74, 6) is 0.219. The molecule has 4 N–H and O–H groups in total. The molecule has 12 heteroatoms. The van der Waals surface area contributed by atoms with Gasteiger partial charge < -0.3 is 46.6 Å². The molecule has 0 aliphatic rings. The van der Waals surface area contributed by atoms with E-state index < -0.39 is 18.0 Å². The maximum atomic E-state index is 12.0. The first kappa shape index (κ1) is 38.7. The molecule has 11 nitrogen and oxygen atoms in total. The van der Waals surface area contributed by atoms with Crippen molar-refractivity contribution in [3.63, 3.8) is 0 Å². The van der Waals surface area contributed by atoms with Gasteiger partial charge in [0.05, 0.1) is 14.2 Å². The summed E-state index contributed by atoms with van der Waals surface area (Å²) >= 11 is 0. The van der Waals surface area contributed by atoms with Gasteiger partial charge in [-0.15, -0.1) is 0 Å². The van der Waals surface area contributed by atoms with Gasteiger partial charge in [0.25, 0.3) is 0 Å². The van der Waals surface area contributed by atoms with Crippen LogP contribution in [-0.4, -0.2) is 55.2 Å². The average Bonchev–Trinajstić information content (AvgIpc) is 3.64. The summed E-state index contributed by atoms with van der Waals surface area (Å²) in [5, 5.41) is 7.00. The van der Waals surface area contributed by atoms with Crippen LogP contribution < -0.4 is 27.6 Å². The van der Waals surface area contributed by atoms with Crippen LogP contribution in [0.1, 0.15) is 32.0 Å². The number of quaternary nitrogens is 1. The minimum atomic E-state index is -1.05. The number of hydrogen-bond acceptors (Lipinski definition) is 10. The lowest BCUT2D eigenvalue weighted by Crippen LogP contribution is -3.00. The lowest BCUT2D eigenvalue weighted by atomic mass is 10.1. The summed E-state index contributed by atoms with van der Waals surface area (Å²) in [4.78, 5) is 38.9. The second-order valence-electron chi connectivity index (χ2n) is 9.56. The van der Waals surface area contributed by atoms with Gasteiger partial charge in [0.2, 0.25) is 11.8 Å². The zero-order valence-electron chi connectivity index (χ0n) is 26.7. The number of ether oxygens (including phenoxy) is 4. The van der Waals surface area contributed by atoms with E-state index in [1.165, 1.54) is 20.6 Å². The maximum absolute atomic E-state index is 12.0. The minimum absolute atomic E-state index is 0. The van der Waals surface area contributed by atoms with E-state index in [0.29, 0.717) is 30.3 Å². The van der Waals surface area contributed by atoms with Crippen molar-refractivity contribution in [1.82, 2.24) is 4.98 Å². The van der Waals surface area contributed by atoms with Crippen LogP contribution in [0.2, 0.25) is 0 Å². The fourth-order valence-electron chi connectivity index (χ4n) is 4.04. The number of ketones is 1. The number of carbonyl (C=O) groups is 3. The summed E-state index contributed by atoms with van der Waals surface area (Å²) in [6.45, 7) is 0.949. The Morgan fingerprint density at radius 1 is 0.729 bits per heavy atom. The minimum Gasteiger partial charge on any atom is -1.00 e. The predicted molar refractivity (Wildman–Crippen MR) is 172 cm³/mol. The molecule has 48 heavy (non-hydrogen) atoms. The predicted octanol–water partition coefficient (Wildman–Crippen LogP) is 1.55. The number of carbonyl (C=O) groups excluding carboxylic acids is 3. The molecular weight excluding hydrogens is 640 g/mol. The lowest BCUT2D eigenvalue weighted by Gasteiger charge is -2.08. The maximum Gasteiger partial charge on any atom is 0.373 e. The number of halogens is 1. The number of rotatable bonds is 11. The lowest BCUT2D eigenvalue weighted by molar-refractivity contribution is -0.388. The van der Waals surface area contributed by atoms with Crippen molar-refractivity contribution in [3.8, 4) is 22.8 Å². The van der Waals surface area contributed by atoms with Crippen LogP contribution in [0, 0.1) is 0 Å². The van der Waals surface area contributed by atoms with E-state index in [1.807, 2.05) is 84.9 Å². The number of hydrogen-bond donors (Lipinski definition) is 2. The van der Waals surface area contributed by atoms with Gasteiger partial charge in [-0.05, 0) is 59.7 Å². The van der Waals surface area contributed by atoms with Crippen molar-refractivity contribution in [2.45, 2.75) is 19.3 Å². The molecule has 0 spiro atoms. The number of aliphatic hydroxyl groups is 1. The molecule has 1 unspecified atom stereocenters. The van der Waals surface area contributed by atoms with E-state index in [9.17, 15) is 14.4 Å². The second-order valence-corrected chi connectivity index (χ2v) is 9.56. The average molecular weight is 677 g/mol. The number of benzene rings is 4. The van der Waals surface area contributed by atoms with Gasteiger partial charge >= 0.3 is 11.9 Å². The van der Waals surface area contributed by atoms with Gasteiger partial charge in [0, 0.05) is 18.2 Å². The Labute approximate surface area is 284 Å². The molecule has 0 aliphatic heterocycles. The fourth-order valence-corrected chi connectivity index (χ4v) is 4.04.